The van der Waals surface area contributed by atoms with Crippen molar-refractivity contribution in [2.45, 2.75) is 38.9 Å². The van der Waals surface area contributed by atoms with E-state index in [1.165, 1.54) is 12.1 Å². The second kappa shape index (κ2) is 4.76. The molecule has 3 aromatic rings. The van der Waals surface area contributed by atoms with Crippen LogP contribution in [0.3, 0.4) is 0 Å². The van der Waals surface area contributed by atoms with E-state index in [4.69, 9.17) is 30.8 Å². The molecular formula is C18H18BClO3. The third kappa shape index (κ3) is 2.20. The number of fused-ring (bicyclic) bond motifs is 3. The summed E-state index contributed by atoms with van der Waals surface area (Å²) >= 11 is 6.03. The van der Waals surface area contributed by atoms with Crippen LogP contribution in [-0.4, -0.2) is 18.3 Å². The minimum absolute atomic E-state index is 0.0151. The van der Waals surface area contributed by atoms with Crippen molar-refractivity contribution < 1.29 is 19.2 Å². The van der Waals surface area contributed by atoms with Gasteiger partial charge in [0.1, 0.15) is 11.2 Å². The number of rotatable bonds is 1. The normalized spacial score (nSPS) is 22.2. The molecule has 1 aliphatic rings. The fraction of sp³-hybridized carbons (Fsp3) is 0.333. The summed E-state index contributed by atoms with van der Waals surface area (Å²) in [5.41, 5.74) is -0.358. The van der Waals surface area contributed by atoms with E-state index in [9.17, 15) is 0 Å². The van der Waals surface area contributed by atoms with E-state index >= 15 is 0 Å². The minimum atomic E-state index is -0.828. The average molecular weight is 333 g/mol. The average Bonchev–Trinajstić information content (AvgIpc) is 3.01. The lowest BCUT2D eigenvalue weighted by atomic mass is 9.76. The van der Waals surface area contributed by atoms with E-state index in [2.05, 4.69) is 0 Å². The van der Waals surface area contributed by atoms with E-state index in [1.54, 1.807) is 0 Å². The molecule has 0 radical (unpaired) electrons. The molecule has 1 aromatic heterocycles. The number of hydrogen-bond acceptors (Lipinski definition) is 3. The van der Waals surface area contributed by atoms with Crippen molar-refractivity contribution in [3.05, 3.63) is 41.3 Å². The van der Waals surface area contributed by atoms with E-state index < -0.39 is 18.3 Å². The van der Waals surface area contributed by atoms with E-state index in [-0.39, 0.29) is 40.4 Å². The first kappa shape index (κ1) is 11.1. The zero-order valence-electron chi connectivity index (χ0n) is 17.3. The lowest BCUT2D eigenvalue weighted by Gasteiger charge is -2.32. The zero-order chi connectivity index (χ0) is 19.9. The Labute approximate surface area is 146 Å². The quantitative estimate of drug-likeness (QED) is 0.613. The predicted octanol–water partition coefficient (Wildman–Crippen LogP) is 4.54. The number of hydrogen-bond donors (Lipinski definition) is 0. The van der Waals surface area contributed by atoms with Crippen molar-refractivity contribution in [1.82, 2.24) is 0 Å². The first-order chi connectivity index (χ1) is 12.4. The summed E-state index contributed by atoms with van der Waals surface area (Å²) in [7, 11) is -0.828. The van der Waals surface area contributed by atoms with Gasteiger partial charge < -0.3 is 13.7 Å². The van der Waals surface area contributed by atoms with Gasteiger partial charge in [-0.05, 0) is 51.3 Å². The summed E-state index contributed by atoms with van der Waals surface area (Å²) < 4.78 is 50.8. The van der Waals surface area contributed by atoms with Crippen LogP contribution in [0.15, 0.2) is 40.7 Å². The van der Waals surface area contributed by atoms with Gasteiger partial charge in [-0.25, -0.2) is 0 Å². The van der Waals surface area contributed by atoms with Crippen LogP contribution < -0.4 is 5.46 Å². The van der Waals surface area contributed by atoms with Crippen LogP contribution in [0.25, 0.3) is 21.9 Å². The summed E-state index contributed by atoms with van der Waals surface area (Å²) in [5.74, 6) is 0. The van der Waals surface area contributed by atoms with Crippen molar-refractivity contribution in [1.29, 1.82) is 0 Å². The lowest BCUT2D eigenvalue weighted by Crippen LogP contribution is -2.41. The topological polar surface area (TPSA) is 31.6 Å². The highest BCUT2D eigenvalue weighted by Crippen LogP contribution is 2.38. The van der Waals surface area contributed by atoms with Crippen LogP contribution in [0.4, 0.5) is 0 Å². The molecule has 0 saturated carbocycles. The Morgan fingerprint density at radius 3 is 2.43 bits per heavy atom. The predicted molar refractivity (Wildman–Crippen MR) is 94.4 cm³/mol. The van der Waals surface area contributed by atoms with Crippen molar-refractivity contribution in [3.8, 4) is 0 Å². The Kier molecular flexibility index (Phi) is 2.30. The molecule has 1 saturated heterocycles. The first-order valence-electron chi connectivity index (χ1n) is 9.42. The molecule has 2 aromatic carbocycles. The van der Waals surface area contributed by atoms with Crippen molar-refractivity contribution in [2.24, 2.45) is 0 Å². The fourth-order valence-corrected chi connectivity index (χ4v) is 2.85. The molecule has 4 rings (SSSR count). The van der Waals surface area contributed by atoms with Crippen LogP contribution in [0, 0.1) is 0 Å². The van der Waals surface area contributed by atoms with Gasteiger partial charge in [0.05, 0.1) is 16.7 Å². The molecule has 2 heterocycles. The summed E-state index contributed by atoms with van der Waals surface area (Å²) in [6.45, 7) is 7.68. The molecule has 5 heteroatoms. The second-order valence-electron chi connectivity index (χ2n) is 6.71. The fourth-order valence-electron chi connectivity index (χ4n) is 2.71. The van der Waals surface area contributed by atoms with E-state index in [0.717, 1.165) is 0 Å². The summed E-state index contributed by atoms with van der Waals surface area (Å²) in [6.07, 6.45) is 0. The molecular weight excluding hydrogens is 310 g/mol. The zero-order valence-corrected chi connectivity index (χ0v) is 14.1. The molecule has 1 fully saturated rings. The van der Waals surface area contributed by atoms with Gasteiger partial charge in [0, 0.05) is 21.8 Å². The van der Waals surface area contributed by atoms with E-state index in [0.29, 0.717) is 16.2 Å². The molecule has 3 nitrogen and oxygen atoms in total. The maximum Gasteiger partial charge on any atom is 0.495 e. The summed E-state index contributed by atoms with van der Waals surface area (Å²) in [4.78, 5) is 0. The highest BCUT2D eigenvalue weighted by atomic mass is 35.5. The first-order valence-corrected chi connectivity index (χ1v) is 7.80. The minimum Gasteiger partial charge on any atom is -0.456 e. The molecule has 118 valence electrons. The van der Waals surface area contributed by atoms with Crippen LogP contribution in [0.1, 0.15) is 33.2 Å². The van der Waals surface area contributed by atoms with Gasteiger partial charge in [-0.2, -0.15) is 0 Å². The highest BCUT2D eigenvalue weighted by Gasteiger charge is 2.52. The Hall–Kier alpha value is -1.49. The largest absolute Gasteiger partial charge is 0.495 e. The van der Waals surface area contributed by atoms with Gasteiger partial charge in [-0.3, -0.25) is 0 Å². The molecule has 0 aliphatic carbocycles. The monoisotopic (exact) mass is 332 g/mol. The Balaban J connectivity index is 2.09. The van der Waals surface area contributed by atoms with Crippen LogP contribution in [0.2, 0.25) is 5.02 Å². The van der Waals surface area contributed by atoms with Gasteiger partial charge in [0.2, 0.25) is 0 Å². The highest BCUT2D eigenvalue weighted by molar-refractivity contribution is 6.66. The van der Waals surface area contributed by atoms with Gasteiger partial charge in [-0.1, -0.05) is 23.7 Å². The SMILES string of the molecule is [2H]c1cc2c(oc3c([2H])cc([2H])c(B4OC(C)(C)C(C)(C)O4)c32)c([2H])c1Cl. The summed E-state index contributed by atoms with van der Waals surface area (Å²) in [5, 5.41) is 0.896. The molecule has 0 amide bonds. The maximum atomic E-state index is 8.44. The molecule has 23 heavy (non-hydrogen) atoms. The number of halogens is 1. The number of furan rings is 1. The maximum absolute atomic E-state index is 8.44. The van der Waals surface area contributed by atoms with Gasteiger partial charge in [-0.15, -0.1) is 0 Å². The van der Waals surface area contributed by atoms with Crippen LogP contribution in [-0.2, 0) is 9.31 Å². The lowest BCUT2D eigenvalue weighted by molar-refractivity contribution is 0.00578. The molecule has 0 N–H and O–H groups in total. The Morgan fingerprint density at radius 2 is 1.74 bits per heavy atom. The van der Waals surface area contributed by atoms with Gasteiger partial charge in [0.15, 0.2) is 0 Å². The van der Waals surface area contributed by atoms with E-state index in [1.807, 2.05) is 27.7 Å². The van der Waals surface area contributed by atoms with Crippen LogP contribution >= 0.6 is 11.6 Å². The smallest absolute Gasteiger partial charge is 0.456 e. The summed E-state index contributed by atoms with van der Waals surface area (Å²) in [6, 6.07) is 2.85. The number of benzene rings is 2. The third-order valence-corrected chi connectivity index (χ3v) is 4.90. The standard InChI is InChI=1S/C18H18BClO3/c1-17(2)18(3,4)23-19(22-17)13-6-5-7-14-16(13)12-9-8-11(20)10-15(12)21-14/h5-10H,1-4H3/i6D,7D,8D,10D. The van der Waals surface area contributed by atoms with Gasteiger partial charge >= 0.3 is 7.12 Å². The second-order valence-corrected chi connectivity index (χ2v) is 7.09. The van der Waals surface area contributed by atoms with Gasteiger partial charge in [0.25, 0.3) is 0 Å². The van der Waals surface area contributed by atoms with Crippen molar-refractivity contribution in [2.75, 3.05) is 0 Å². The van der Waals surface area contributed by atoms with Crippen LogP contribution in [0.5, 0.6) is 0 Å². The molecule has 0 unspecified atom stereocenters. The van der Waals surface area contributed by atoms with Crippen molar-refractivity contribution >= 4 is 46.1 Å². The van der Waals surface area contributed by atoms with Crippen molar-refractivity contribution in [3.63, 3.8) is 0 Å². The molecule has 0 bridgehead atoms. The third-order valence-electron chi connectivity index (χ3n) is 4.70. The Bertz CT molecular complexity index is 1090. The molecule has 0 spiro atoms. The Morgan fingerprint density at radius 1 is 1.04 bits per heavy atom. The molecule has 0 atom stereocenters. The molecule has 1 aliphatic heterocycles.